The zero-order valence-electron chi connectivity index (χ0n) is 12.0. The lowest BCUT2D eigenvalue weighted by molar-refractivity contribution is 0.548. The molecule has 2 N–H and O–H groups in total. The number of nitrogens with zero attached hydrogens (tertiary/aromatic N) is 3. The molecule has 0 amide bonds. The first-order valence-electron chi connectivity index (χ1n) is 7.34. The number of nitrogens with two attached hydrogens (primary N) is 1. The van der Waals surface area contributed by atoms with E-state index in [0.29, 0.717) is 12.5 Å². The van der Waals surface area contributed by atoms with Crippen LogP contribution in [-0.4, -0.2) is 6.04 Å². The van der Waals surface area contributed by atoms with E-state index in [2.05, 4.69) is 59.6 Å². The molecule has 2 aromatic carbocycles. The Hall–Kier alpha value is -2.20. The normalized spacial score (nSPS) is 26.6. The van der Waals surface area contributed by atoms with E-state index in [-0.39, 0.29) is 12.1 Å². The summed E-state index contributed by atoms with van der Waals surface area (Å²) < 4.78 is 0. The molecule has 0 saturated carbocycles. The highest BCUT2D eigenvalue weighted by Gasteiger charge is 2.38. The molecule has 106 valence electrons. The molecule has 3 unspecified atom stereocenters. The van der Waals surface area contributed by atoms with E-state index in [1.807, 2.05) is 11.1 Å². The first-order chi connectivity index (χ1) is 10.3. The maximum atomic E-state index is 6.31. The SMILES string of the molecule is CC1N=NC2c3ccccc3N(N)Cc3ccccc3C12. The van der Waals surface area contributed by atoms with Gasteiger partial charge in [0.05, 0.1) is 18.3 Å². The largest absolute Gasteiger partial charge is 0.306 e. The summed E-state index contributed by atoms with van der Waals surface area (Å²) in [5, 5.41) is 10.8. The van der Waals surface area contributed by atoms with Gasteiger partial charge in [-0.05, 0) is 24.1 Å². The minimum Gasteiger partial charge on any atom is -0.306 e. The lowest BCUT2D eigenvalue weighted by Crippen LogP contribution is -2.34. The molecule has 4 nitrogen and oxygen atoms in total. The molecule has 0 saturated heterocycles. The number of hydrazine groups is 1. The highest BCUT2D eigenvalue weighted by molar-refractivity contribution is 5.57. The summed E-state index contributed by atoms with van der Waals surface area (Å²) in [7, 11) is 0. The van der Waals surface area contributed by atoms with Crippen LogP contribution in [-0.2, 0) is 6.54 Å². The van der Waals surface area contributed by atoms with Gasteiger partial charge in [-0.15, -0.1) is 0 Å². The van der Waals surface area contributed by atoms with Crippen LogP contribution in [0.4, 0.5) is 5.69 Å². The summed E-state index contributed by atoms with van der Waals surface area (Å²) in [5.41, 5.74) is 4.82. The van der Waals surface area contributed by atoms with Crippen LogP contribution in [0.1, 0.15) is 35.6 Å². The number of anilines is 1. The molecule has 4 heteroatoms. The number of para-hydroxylation sites is 1. The molecular formula is C17H18N4. The molecule has 3 atom stereocenters. The summed E-state index contributed by atoms with van der Waals surface area (Å²) in [4.78, 5) is 0. The van der Waals surface area contributed by atoms with E-state index in [9.17, 15) is 0 Å². The standard InChI is InChI=1S/C17H18N4/c1-11-16-13-7-3-2-6-12(13)10-21(18)15-9-5-4-8-14(15)17(16)20-19-11/h2-9,11,16-17H,10,18H2,1H3. The van der Waals surface area contributed by atoms with Crippen LogP contribution in [0.25, 0.3) is 0 Å². The predicted octanol–water partition coefficient (Wildman–Crippen LogP) is 3.56. The summed E-state index contributed by atoms with van der Waals surface area (Å²) in [6.07, 6.45) is 0. The second-order valence-corrected chi connectivity index (χ2v) is 5.83. The first-order valence-corrected chi connectivity index (χ1v) is 7.34. The Bertz CT molecular complexity index is 709. The number of hydrogen-bond acceptors (Lipinski definition) is 4. The third-order valence-corrected chi connectivity index (χ3v) is 4.55. The van der Waals surface area contributed by atoms with Gasteiger partial charge in [0, 0.05) is 11.5 Å². The van der Waals surface area contributed by atoms with Crippen molar-refractivity contribution in [1.29, 1.82) is 0 Å². The number of hydrogen-bond donors (Lipinski definition) is 1. The van der Waals surface area contributed by atoms with Crippen molar-refractivity contribution in [2.45, 2.75) is 31.5 Å². The van der Waals surface area contributed by atoms with Crippen molar-refractivity contribution in [2.75, 3.05) is 5.01 Å². The molecule has 2 heterocycles. The predicted molar refractivity (Wildman–Crippen MR) is 83.1 cm³/mol. The molecule has 0 fully saturated rings. The molecule has 2 aliphatic heterocycles. The van der Waals surface area contributed by atoms with E-state index in [1.165, 1.54) is 16.7 Å². The fraction of sp³-hybridized carbons (Fsp3) is 0.294. The minimum absolute atomic E-state index is 0.0590. The fourth-order valence-electron chi connectivity index (χ4n) is 3.54. The van der Waals surface area contributed by atoms with Gasteiger partial charge in [-0.25, -0.2) is 5.84 Å². The third kappa shape index (κ3) is 1.87. The van der Waals surface area contributed by atoms with Crippen molar-refractivity contribution in [3.63, 3.8) is 0 Å². The Kier molecular flexibility index (Phi) is 2.79. The second-order valence-electron chi connectivity index (χ2n) is 5.83. The smallest absolute Gasteiger partial charge is 0.107 e. The number of fused-ring (bicyclic) bond motifs is 5. The van der Waals surface area contributed by atoms with Crippen LogP contribution in [0.3, 0.4) is 0 Å². The number of azo groups is 1. The Morgan fingerprint density at radius 2 is 1.71 bits per heavy atom. The van der Waals surface area contributed by atoms with Gasteiger partial charge >= 0.3 is 0 Å². The number of benzene rings is 2. The maximum absolute atomic E-state index is 6.31. The Morgan fingerprint density at radius 1 is 1.00 bits per heavy atom. The lowest BCUT2D eigenvalue weighted by Gasteiger charge is -2.32. The van der Waals surface area contributed by atoms with Crippen molar-refractivity contribution in [3.8, 4) is 0 Å². The van der Waals surface area contributed by atoms with Gasteiger partial charge < -0.3 is 5.01 Å². The van der Waals surface area contributed by atoms with Crippen LogP contribution in [0, 0.1) is 0 Å². The molecule has 4 rings (SSSR count). The fourth-order valence-corrected chi connectivity index (χ4v) is 3.54. The van der Waals surface area contributed by atoms with Crippen LogP contribution in [0.15, 0.2) is 58.8 Å². The highest BCUT2D eigenvalue weighted by Crippen LogP contribution is 2.47. The van der Waals surface area contributed by atoms with Crippen molar-refractivity contribution in [1.82, 2.24) is 0 Å². The van der Waals surface area contributed by atoms with E-state index in [1.54, 1.807) is 0 Å². The lowest BCUT2D eigenvalue weighted by atomic mass is 9.80. The highest BCUT2D eigenvalue weighted by atomic mass is 15.4. The Balaban J connectivity index is 1.94. The summed E-state index contributed by atoms with van der Waals surface area (Å²) >= 11 is 0. The zero-order chi connectivity index (χ0) is 14.4. The van der Waals surface area contributed by atoms with E-state index in [0.717, 1.165) is 5.69 Å². The molecule has 0 radical (unpaired) electrons. The molecule has 0 spiro atoms. The zero-order valence-corrected chi connectivity index (χ0v) is 12.0. The van der Waals surface area contributed by atoms with Gasteiger partial charge in [0.1, 0.15) is 6.04 Å². The van der Waals surface area contributed by atoms with Crippen LogP contribution >= 0.6 is 0 Å². The van der Waals surface area contributed by atoms with E-state index in [4.69, 9.17) is 5.84 Å². The van der Waals surface area contributed by atoms with Gasteiger partial charge in [-0.3, -0.25) is 0 Å². The molecular weight excluding hydrogens is 260 g/mol. The molecule has 2 aromatic rings. The monoisotopic (exact) mass is 278 g/mol. The van der Waals surface area contributed by atoms with E-state index >= 15 is 0 Å². The van der Waals surface area contributed by atoms with Crippen LogP contribution in [0.5, 0.6) is 0 Å². The first kappa shape index (κ1) is 12.5. The minimum atomic E-state index is 0.0590. The summed E-state index contributed by atoms with van der Waals surface area (Å²) in [6, 6.07) is 17.0. The Labute approximate surface area is 124 Å². The summed E-state index contributed by atoms with van der Waals surface area (Å²) in [5.74, 6) is 6.61. The number of rotatable bonds is 0. The second kappa shape index (κ2) is 4.67. The molecule has 0 aliphatic carbocycles. The molecule has 2 aliphatic rings. The van der Waals surface area contributed by atoms with Gasteiger partial charge in [0.2, 0.25) is 0 Å². The molecule has 0 bridgehead atoms. The van der Waals surface area contributed by atoms with Gasteiger partial charge in [0.25, 0.3) is 0 Å². The average molecular weight is 278 g/mol. The van der Waals surface area contributed by atoms with Crippen LogP contribution < -0.4 is 10.9 Å². The van der Waals surface area contributed by atoms with Crippen molar-refractivity contribution in [3.05, 3.63) is 65.2 Å². The Morgan fingerprint density at radius 3 is 2.57 bits per heavy atom. The average Bonchev–Trinajstić information content (AvgIpc) is 2.88. The summed E-state index contributed by atoms with van der Waals surface area (Å²) in [6.45, 7) is 2.86. The van der Waals surface area contributed by atoms with Crippen LogP contribution in [0.2, 0.25) is 0 Å². The quantitative estimate of drug-likeness (QED) is 0.749. The molecule has 21 heavy (non-hydrogen) atoms. The van der Waals surface area contributed by atoms with Crippen molar-refractivity contribution in [2.24, 2.45) is 16.1 Å². The van der Waals surface area contributed by atoms with E-state index < -0.39 is 0 Å². The topological polar surface area (TPSA) is 54.0 Å². The maximum Gasteiger partial charge on any atom is 0.107 e. The third-order valence-electron chi connectivity index (χ3n) is 4.55. The van der Waals surface area contributed by atoms with Gasteiger partial charge in [-0.1, -0.05) is 42.5 Å². The molecule has 0 aromatic heterocycles. The van der Waals surface area contributed by atoms with Gasteiger partial charge in [-0.2, -0.15) is 10.2 Å². The van der Waals surface area contributed by atoms with Crippen molar-refractivity contribution < 1.29 is 0 Å². The van der Waals surface area contributed by atoms with Gasteiger partial charge in [0.15, 0.2) is 0 Å². The van der Waals surface area contributed by atoms with Crippen molar-refractivity contribution >= 4 is 5.69 Å².